The van der Waals surface area contributed by atoms with E-state index in [0.29, 0.717) is 23.8 Å². The molecule has 0 aliphatic heterocycles. The highest BCUT2D eigenvalue weighted by molar-refractivity contribution is 6.30. The van der Waals surface area contributed by atoms with Crippen molar-refractivity contribution in [3.63, 3.8) is 0 Å². The normalized spacial score (nSPS) is 10.5. The van der Waals surface area contributed by atoms with Crippen molar-refractivity contribution in [1.82, 2.24) is 9.78 Å². The van der Waals surface area contributed by atoms with Crippen LogP contribution in [-0.4, -0.2) is 14.7 Å². The summed E-state index contributed by atoms with van der Waals surface area (Å²) in [6.07, 6.45) is 3.63. The number of hydrogen-bond acceptors (Lipinski definition) is 4. The second-order valence-electron chi connectivity index (χ2n) is 5.24. The average molecular weight is 343 g/mol. The third-order valence-corrected chi connectivity index (χ3v) is 3.87. The Morgan fingerprint density at radius 1 is 1.17 bits per heavy atom. The molecule has 0 aliphatic carbocycles. The van der Waals surface area contributed by atoms with Gasteiger partial charge in [0.05, 0.1) is 11.5 Å². The number of nitro groups is 1. The molecule has 0 atom stereocenters. The molecule has 0 aliphatic rings. The standard InChI is InChI=1S/C17H15ClN4O2/c18-15-6-7-16(17(10-15)22(23)24)19-11-13-4-1-2-5-14(13)12-21-9-3-8-20-21/h1-10,19H,11-12H2. The van der Waals surface area contributed by atoms with Crippen LogP contribution in [0, 0.1) is 10.1 Å². The van der Waals surface area contributed by atoms with E-state index in [-0.39, 0.29) is 5.69 Å². The van der Waals surface area contributed by atoms with Gasteiger partial charge >= 0.3 is 0 Å². The molecule has 2 aromatic carbocycles. The highest BCUT2D eigenvalue weighted by atomic mass is 35.5. The van der Waals surface area contributed by atoms with Gasteiger partial charge in [-0.05, 0) is 29.3 Å². The van der Waals surface area contributed by atoms with Gasteiger partial charge in [-0.3, -0.25) is 14.8 Å². The molecule has 0 saturated carbocycles. The van der Waals surface area contributed by atoms with Crippen molar-refractivity contribution in [2.45, 2.75) is 13.1 Å². The van der Waals surface area contributed by atoms with Crippen LogP contribution in [0.4, 0.5) is 11.4 Å². The van der Waals surface area contributed by atoms with Crippen LogP contribution in [0.2, 0.25) is 5.02 Å². The summed E-state index contributed by atoms with van der Waals surface area (Å²) in [5.74, 6) is 0. The molecule has 0 saturated heterocycles. The minimum absolute atomic E-state index is 0.0351. The zero-order valence-electron chi connectivity index (χ0n) is 12.7. The molecule has 0 amide bonds. The highest BCUT2D eigenvalue weighted by Gasteiger charge is 2.14. The molecule has 1 aromatic heterocycles. The van der Waals surface area contributed by atoms with Crippen molar-refractivity contribution >= 4 is 23.0 Å². The number of benzene rings is 2. The fourth-order valence-corrected chi connectivity index (χ4v) is 2.61. The predicted octanol–water partition coefficient (Wildman–Crippen LogP) is 4.11. The van der Waals surface area contributed by atoms with Gasteiger partial charge in [0.1, 0.15) is 5.69 Å². The monoisotopic (exact) mass is 342 g/mol. The molecule has 122 valence electrons. The molecule has 6 nitrogen and oxygen atoms in total. The van der Waals surface area contributed by atoms with Gasteiger partial charge in [-0.25, -0.2) is 0 Å². The summed E-state index contributed by atoms with van der Waals surface area (Å²) < 4.78 is 1.84. The van der Waals surface area contributed by atoms with Crippen LogP contribution in [-0.2, 0) is 13.1 Å². The third-order valence-electron chi connectivity index (χ3n) is 3.64. The maximum atomic E-state index is 11.2. The molecule has 1 N–H and O–H groups in total. The average Bonchev–Trinajstić information content (AvgIpc) is 3.08. The summed E-state index contributed by atoms with van der Waals surface area (Å²) in [6.45, 7) is 1.12. The minimum atomic E-state index is -0.441. The number of nitro benzene ring substituents is 1. The lowest BCUT2D eigenvalue weighted by molar-refractivity contribution is -0.383. The van der Waals surface area contributed by atoms with Crippen LogP contribution in [0.15, 0.2) is 60.9 Å². The van der Waals surface area contributed by atoms with E-state index in [1.54, 1.807) is 18.3 Å². The number of rotatable bonds is 6. The van der Waals surface area contributed by atoms with Crippen molar-refractivity contribution in [2.24, 2.45) is 0 Å². The molecule has 0 spiro atoms. The number of hydrogen-bond donors (Lipinski definition) is 1. The lowest BCUT2D eigenvalue weighted by atomic mass is 10.1. The van der Waals surface area contributed by atoms with E-state index in [4.69, 9.17) is 11.6 Å². The van der Waals surface area contributed by atoms with E-state index >= 15 is 0 Å². The Kier molecular flexibility index (Phi) is 4.77. The largest absolute Gasteiger partial charge is 0.375 e. The van der Waals surface area contributed by atoms with Gasteiger partial charge < -0.3 is 5.32 Å². The number of nitrogens with one attached hydrogen (secondary N) is 1. The van der Waals surface area contributed by atoms with E-state index in [9.17, 15) is 10.1 Å². The predicted molar refractivity (Wildman–Crippen MR) is 93.2 cm³/mol. The minimum Gasteiger partial charge on any atom is -0.375 e. The second kappa shape index (κ2) is 7.14. The zero-order chi connectivity index (χ0) is 16.9. The van der Waals surface area contributed by atoms with Crippen molar-refractivity contribution < 1.29 is 4.92 Å². The molecule has 0 radical (unpaired) electrons. The van der Waals surface area contributed by atoms with Gasteiger partial charge in [0.2, 0.25) is 0 Å². The van der Waals surface area contributed by atoms with E-state index in [2.05, 4.69) is 10.4 Å². The molecule has 0 unspecified atom stereocenters. The molecule has 3 rings (SSSR count). The highest BCUT2D eigenvalue weighted by Crippen LogP contribution is 2.28. The van der Waals surface area contributed by atoms with Crippen molar-refractivity contribution in [3.05, 3.63) is 87.2 Å². The van der Waals surface area contributed by atoms with Crippen LogP contribution in [0.3, 0.4) is 0 Å². The van der Waals surface area contributed by atoms with E-state index < -0.39 is 4.92 Å². The van der Waals surface area contributed by atoms with Crippen molar-refractivity contribution in [1.29, 1.82) is 0 Å². The number of halogens is 1. The van der Waals surface area contributed by atoms with Crippen LogP contribution in [0.1, 0.15) is 11.1 Å². The molecular formula is C17H15ClN4O2. The zero-order valence-corrected chi connectivity index (χ0v) is 13.5. The topological polar surface area (TPSA) is 73.0 Å². The molecule has 24 heavy (non-hydrogen) atoms. The van der Waals surface area contributed by atoms with Crippen LogP contribution in [0.5, 0.6) is 0 Å². The van der Waals surface area contributed by atoms with Gasteiger partial charge in [0, 0.05) is 30.0 Å². The first-order chi connectivity index (χ1) is 11.6. The lowest BCUT2D eigenvalue weighted by Gasteiger charge is -2.12. The summed E-state index contributed by atoms with van der Waals surface area (Å²) in [5.41, 5.74) is 2.56. The summed E-state index contributed by atoms with van der Waals surface area (Å²) in [6, 6.07) is 14.4. The first kappa shape index (κ1) is 16.0. The van der Waals surface area contributed by atoms with Gasteiger partial charge in [-0.1, -0.05) is 35.9 Å². The van der Waals surface area contributed by atoms with Crippen LogP contribution in [0.25, 0.3) is 0 Å². The van der Waals surface area contributed by atoms with Gasteiger partial charge in [-0.15, -0.1) is 0 Å². The number of nitrogens with zero attached hydrogens (tertiary/aromatic N) is 3. The first-order valence-electron chi connectivity index (χ1n) is 7.35. The second-order valence-corrected chi connectivity index (χ2v) is 5.68. The molecule has 7 heteroatoms. The summed E-state index contributed by atoms with van der Waals surface area (Å²) in [7, 11) is 0. The molecule has 3 aromatic rings. The first-order valence-corrected chi connectivity index (χ1v) is 7.73. The molecule has 0 fully saturated rings. The fraction of sp³-hybridized carbons (Fsp3) is 0.118. The van der Waals surface area contributed by atoms with Crippen molar-refractivity contribution in [2.75, 3.05) is 5.32 Å². The van der Waals surface area contributed by atoms with Gasteiger partial charge in [0.15, 0.2) is 0 Å². The maximum absolute atomic E-state index is 11.2. The summed E-state index contributed by atoms with van der Waals surface area (Å²) >= 11 is 5.84. The summed E-state index contributed by atoms with van der Waals surface area (Å²) in [5, 5.41) is 18.8. The Morgan fingerprint density at radius 3 is 2.67 bits per heavy atom. The summed E-state index contributed by atoms with van der Waals surface area (Å²) in [4.78, 5) is 10.7. The maximum Gasteiger partial charge on any atom is 0.293 e. The Labute approximate surface area is 143 Å². The molecule has 1 heterocycles. The lowest BCUT2D eigenvalue weighted by Crippen LogP contribution is -2.08. The number of aromatic nitrogens is 2. The quantitative estimate of drug-likeness (QED) is 0.540. The Morgan fingerprint density at radius 2 is 1.96 bits per heavy atom. The Balaban J connectivity index is 1.79. The third kappa shape index (κ3) is 3.72. The SMILES string of the molecule is O=[N+]([O-])c1cc(Cl)ccc1NCc1ccccc1Cn1cccn1. The van der Waals surface area contributed by atoms with Crippen molar-refractivity contribution in [3.8, 4) is 0 Å². The Hall–Kier alpha value is -2.86. The van der Waals surface area contributed by atoms with Gasteiger partial charge in [0.25, 0.3) is 5.69 Å². The van der Waals surface area contributed by atoms with E-state index in [1.807, 2.05) is 41.2 Å². The van der Waals surface area contributed by atoms with E-state index in [1.165, 1.54) is 6.07 Å². The van der Waals surface area contributed by atoms with Gasteiger partial charge in [-0.2, -0.15) is 5.10 Å². The number of anilines is 1. The van der Waals surface area contributed by atoms with Crippen LogP contribution < -0.4 is 5.32 Å². The molecule has 0 bridgehead atoms. The Bertz CT molecular complexity index is 850. The fourth-order valence-electron chi connectivity index (χ4n) is 2.45. The smallest absolute Gasteiger partial charge is 0.293 e. The van der Waals surface area contributed by atoms with Crippen LogP contribution >= 0.6 is 11.6 Å². The van der Waals surface area contributed by atoms with E-state index in [0.717, 1.165) is 11.1 Å². The molecular weight excluding hydrogens is 328 g/mol.